The molecule has 2 rings (SSSR count). The third kappa shape index (κ3) is 1.85. The van der Waals surface area contributed by atoms with Crippen LogP contribution < -0.4 is 0 Å². The van der Waals surface area contributed by atoms with Crippen molar-refractivity contribution in [3.8, 4) is 0 Å². The minimum absolute atomic E-state index is 0.784. The molecule has 0 saturated carbocycles. The highest BCUT2D eigenvalue weighted by atomic mass is 15.3. The summed E-state index contributed by atoms with van der Waals surface area (Å²) in [5.41, 5.74) is 1.08. The van der Waals surface area contributed by atoms with Gasteiger partial charge in [0, 0.05) is 24.8 Å². The Hall–Kier alpha value is -0.760. The average molecular weight is 192 g/mol. The molecule has 0 bridgehead atoms. The van der Waals surface area contributed by atoms with E-state index in [0.29, 0.717) is 0 Å². The molecule has 0 radical (unpaired) electrons. The zero-order chi connectivity index (χ0) is 9.97. The standard InChI is InChI=1S/C12H20N2/c1-3-11(2)14-9-12(10-14)13-7-5-4-6-8-13/h3,12H,1-2,4-10H2. The smallest absolute Gasteiger partial charge is 0.0446 e. The Morgan fingerprint density at radius 2 is 1.79 bits per heavy atom. The van der Waals surface area contributed by atoms with Crippen molar-refractivity contribution >= 4 is 0 Å². The largest absolute Gasteiger partial charge is 0.369 e. The van der Waals surface area contributed by atoms with Gasteiger partial charge in [0.05, 0.1) is 0 Å². The summed E-state index contributed by atoms with van der Waals surface area (Å²) >= 11 is 0. The summed E-state index contributed by atoms with van der Waals surface area (Å²) in [6, 6.07) is 0.784. The molecule has 2 heteroatoms. The maximum atomic E-state index is 3.96. The van der Waals surface area contributed by atoms with Gasteiger partial charge in [0.15, 0.2) is 0 Å². The van der Waals surface area contributed by atoms with Crippen LogP contribution in [0.3, 0.4) is 0 Å². The van der Waals surface area contributed by atoms with Crippen LogP contribution in [0.25, 0.3) is 0 Å². The topological polar surface area (TPSA) is 6.48 Å². The first-order valence-corrected chi connectivity index (χ1v) is 5.61. The minimum Gasteiger partial charge on any atom is -0.369 e. The Labute approximate surface area is 86.9 Å². The van der Waals surface area contributed by atoms with Gasteiger partial charge in [-0.3, -0.25) is 4.90 Å². The van der Waals surface area contributed by atoms with Crippen LogP contribution >= 0.6 is 0 Å². The highest BCUT2D eigenvalue weighted by Crippen LogP contribution is 2.22. The number of allylic oxidation sites excluding steroid dienone is 1. The van der Waals surface area contributed by atoms with Gasteiger partial charge in [-0.2, -0.15) is 0 Å². The second kappa shape index (κ2) is 4.18. The van der Waals surface area contributed by atoms with Crippen LogP contribution in [0.15, 0.2) is 24.9 Å². The first kappa shape index (κ1) is 9.78. The average Bonchev–Trinajstić information content (AvgIpc) is 2.17. The predicted molar refractivity (Wildman–Crippen MR) is 60.1 cm³/mol. The Balaban J connectivity index is 1.76. The highest BCUT2D eigenvalue weighted by molar-refractivity contribution is 5.14. The Morgan fingerprint density at radius 3 is 2.36 bits per heavy atom. The molecule has 0 amide bonds. The maximum Gasteiger partial charge on any atom is 0.0446 e. The molecule has 2 saturated heterocycles. The van der Waals surface area contributed by atoms with E-state index in [1.807, 2.05) is 6.08 Å². The number of likely N-dealkylation sites (tertiary alicyclic amines) is 2. The van der Waals surface area contributed by atoms with Crippen molar-refractivity contribution in [2.45, 2.75) is 25.3 Å². The van der Waals surface area contributed by atoms with Crippen LogP contribution in [0.1, 0.15) is 19.3 Å². The summed E-state index contributed by atoms with van der Waals surface area (Å²) in [6.07, 6.45) is 6.05. The number of rotatable bonds is 3. The van der Waals surface area contributed by atoms with E-state index in [1.54, 1.807) is 0 Å². The minimum atomic E-state index is 0.784. The molecular weight excluding hydrogens is 172 g/mol. The third-order valence-electron chi connectivity index (χ3n) is 3.41. The predicted octanol–water partition coefficient (Wildman–Crippen LogP) is 1.86. The highest BCUT2D eigenvalue weighted by Gasteiger charge is 2.31. The van der Waals surface area contributed by atoms with Gasteiger partial charge in [-0.15, -0.1) is 0 Å². The zero-order valence-corrected chi connectivity index (χ0v) is 8.91. The molecule has 0 aromatic rings. The maximum absolute atomic E-state index is 3.96. The molecule has 0 N–H and O–H groups in total. The van der Waals surface area contributed by atoms with Gasteiger partial charge in [-0.1, -0.05) is 19.6 Å². The molecule has 2 nitrogen and oxygen atoms in total. The third-order valence-corrected chi connectivity index (χ3v) is 3.41. The summed E-state index contributed by atoms with van der Waals surface area (Å²) in [6.45, 7) is 12.6. The summed E-state index contributed by atoms with van der Waals surface area (Å²) in [4.78, 5) is 4.95. The van der Waals surface area contributed by atoms with Crippen LogP contribution in [-0.2, 0) is 0 Å². The Kier molecular flexibility index (Phi) is 2.92. The van der Waals surface area contributed by atoms with E-state index in [0.717, 1.165) is 24.8 Å². The first-order valence-electron chi connectivity index (χ1n) is 5.61. The van der Waals surface area contributed by atoms with Crippen molar-refractivity contribution in [3.05, 3.63) is 24.9 Å². The molecule has 14 heavy (non-hydrogen) atoms. The summed E-state index contributed by atoms with van der Waals surface area (Å²) < 4.78 is 0. The van der Waals surface area contributed by atoms with Crippen LogP contribution in [0.5, 0.6) is 0 Å². The van der Waals surface area contributed by atoms with Gasteiger partial charge in [-0.25, -0.2) is 0 Å². The van der Waals surface area contributed by atoms with Crippen molar-refractivity contribution in [3.63, 3.8) is 0 Å². The molecule has 0 aromatic heterocycles. The summed E-state index contributed by atoms with van der Waals surface area (Å²) in [5.74, 6) is 0. The molecule has 2 heterocycles. The lowest BCUT2D eigenvalue weighted by Gasteiger charge is -2.48. The van der Waals surface area contributed by atoms with Crippen LogP contribution in [0, 0.1) is 0 Å². The van der Waals surface area contributed by atoms with Gasteiger partial charge in [0.1, 0.15) is 0 Å². The molecule has 0 aliphatic carbocycles. The molecule has 2 aliphatic rings. The van der Waals surface area contributed by atoms with Crippen LogP contribution in [0.2, 0.25) is 0 Å². The number of nitrogens with zero attached hydrogens (tertiary/aromatic N) is 2. The van der Waals surface area contributed by atoms with Gasteiger partial charge >= 0.3 is 0 Å². The molecular formula is C12H20N2. The van der Waals surface area contributed by atoms with Gasteiger partial charge in [0.25, 0.3) is 0 Å². The monoisotopic (exact) mass is 192 g/mol. The van der Waals surface area contributed by atoms with Crippen molar-refractivity contribution in [1.82, 2.24) is 9.80 Å². The van der Waals surface area contributed by atoms with E-state index in [-0.39, 0.29) is 0 Å². The van der Waals surface area contributed by atoms with E-state index in [2.05, 4.69) is 23.0 Å². The van der Waals surface area contributed by atoms with E-state index in [4.69, 9.17) is 0 Å². The second-order valence-electron chi connectivity index (χ2n) is 4.35. The zero-order valence-electron chi connectivity index (χ0n) is 8.91. The van der Waals surface area contributed by atoms with E-state index >= 15 is 0 Å². The lowest BCUT2D eigenvalue weighted by Crippen LogP contribution is -2.59. The van der Waals surface area contributed by atoms with Crippen molar-refractivity contribution in [1.29, 1.82) is 0 Å². The number of hydrogen-bond acceptors (Lipinski definition) is 2. The fraction of sp³-hybridized carbons (Fsp3) is 0.667. The fourth-order valence-corrected chi connectivity index (χ4v) is 2.33. The molecule has 78 valence electrons. The van der Waals surface area contributed by atoms with Gasteiger partial charge < -0.3 is 4.90 Å². The van der Waals surface area contributed by atoms with E-state index in [9.17, 15) is 0 Å². The molecule has 0 atom stereocenters. The van der Waals surface area contributed by atoms with E-state index in [1.165, 1.54) is 32.4 Å². The first-order chi connectivity index (χ1) is 6.81. The molecule has 0 unspecified atom stereocenters. The van der Waals surface area contributed by atoms with Crippen LogP contribution in [-0.4, -0.2) is 42.0 Å². The lowest BCUT2D eigenvalue weighted by molar-refractivity contribution is 0.0475. The normalized spacial score (nSPS) is 24.4. The Morgan fingerprint density at radius 1 is 1.14 bits per heavy atom. The number of hydrogen-bond donors (Lipinski definition) is 0. The lowest BCUT2D eigenvalue weighted by atomic mass is 10.0. The van der Waals surface area contributed by atoms with Gasteiger partial charge in [-0.05, 0) is 32.0 Å². The fourth-order valence-electron chi connectivity index (χ4n) is 2.33. The molecule has 2 aliphatic heterocycles. The molecule has 2 fully saturated rings. The SMILES string of the molecule is C=CC(=C)N1CC(N2CCCCC2)C1. The summed E-state index contributed by atoms with van der Waals surface area (Å²) in [7, 11) is 0. The van der Waals surface area contributed by atoms with E-state index < -0.39 is 0 Å². The van der Waals surface area contributed by atoms with Crippen molar-refractivity contribution in [2.24, 2.45) is 0 Å². The molecule has 0 spiro atoms. The summed E-state index contributed by atoms with van der Waals surface area (Å²) in [5, 5.41) is 0. The molecule has 0 aromatic carbocycles. The van der Waals surface area contributed by atoms with Gasteiger partial charge in [0.2, 0.25) is 0 Å². The van der Waals surface area contributed by atoms with Crippen molar-refractivity contribution in [2.75, 3.05) is 26.2 Å². The van der Waals surface area contributed by atoms with Crippen LogP contribution in [0.4, 0.5) is 0 Å². The second-order valence-corrected chi connectivity index (χ2v) is 4.35. The quantitative estimate of drug-likeness (QED) is 0.630. The number of piperidine rings is 1. The Bertz CT molecular complexity index is 222. The van der Waals surface area contributed by atoms with Crippen molar-refractivity contribution < 1.29 is 0 Å².